The predicted molar refractivity (Wildman–Crippen MR) is 65.2 cm³/mol. The van der Waals surface area contributed by atoms with Gasteiger partial charge >= 0.3 is 0 Å². The van der Waals surface area contributed by atoms with Crippen LogP contribution in [0.1, 0.15) is 30.1 Å². The summed E-state index contributed by atoms with van der Waals surface area (Å²) in [7, 11) is 0. The number of pyridine rings is 1. The first-order valence-corrected chi connectivity index (χ1v) is 5.96. The van der Waals surface area contributed by atoms with Crippen molar-refractivity contribution < 1.29 is 9.90 Å². The number of hydrogen-bond acceptors (Lipinski definition) is 3. The number of carbonyl (C=O) groups excluding carboxylic acids is 1. The molecule has 88 valence electrons. The number of carbonyl (C=O) groups is 1. The minimum Gasteiger partial charge on any atom is -0.393 e. The molecular weight excluding hydrogens is 272 g/mol. The van der Waals surface area contributed by atoms with Crippen LogP contribution in [-0.4, -0.2) is 28.6 Å². The molecule has 0 fully saturated rings. The van der Waals surface area contributed by atoms with Gasteiger partial charge in [0.1, 0.15) is 4.60 Å². The molecule has 16 heavy (non-hydrogen) atoms. The van der Waals surface area contributed by atoms with E-state index >= 15 is 0 Å². The summed E-state index contributed by atoms with van der Waals surface area (Å²) in [6.07, 6.45) is 2.67. The van der Waals surface area contributed by atoms with E-state index in [-0.39, 0.29) is 12.0 Å². The van der Waals surface area contributed by atoms with Crippen LogP contribution in [0.5, 0.6) is 0 Å². The third-order valence-electron chi connectivity index (χ3n) is 2.07. The van der Waals surface area contributed by atoms with Crippen molar-refractivity contribution in [1.82, 2.24) is 10.3 Å². The third-order valence-corrected chi connectivity index (χ3v) is 2.54. The number of halogens is 1. The van der Waals surface area contributed by atoms with E-state index in [1.807, 2.05) is 0 Å². The van der Waals surface area contributed by atoms with Gasteiger partial charge in [0.15, 0.2) is 0 Å². The highest BCUT2D eigenvalue weighted by molar-refractivity contribution is 9.10. The van der Waals surface area contributed by atoms with Crippen molar-refractivity contribution in [2.45, 2.75) is 25.9 Å². The Morgan fingerprint density at radius 1 is 1.62 bits per heavy atom. The molecule has 0 bridgehead atoms. The van der Waals surface area contributed by atoms with Gasteiger partial charge in [-0.05, 0) is 47.8 Å². The number of rotatable bonds is 5. The van der Waals surface area contributed by atoms with E-state index in [2.05, 4.69) is 26.2 Å². The molecule has 0 spiro atoms. The molecule has 0 aliphatic heterocycles. The maximum Gasteiger partial charge on any atom is 0.252 e. The monoisotopic (exact) mass is 286 g/mol. The van der Waals surface area contributed by atoms with Gasteiger partial charge < -0.3 is 10.4 Å². The number of hydrogen-bond donors (Lipinski definition) is 2. The van der Waals surface area contributed by atoms with Gasteiger partial charge in [0.25, 0.3) is 5.91 Å². The molecule has 1 aromatic heterocycles. The summed E-state index contributed by atoms with van der Waals surface area (Å²) in [6.45, 7) is 2.31. The van der Waals surface area contributed by atoms with Crippen LogP contribution in [0, 0.1) is 0 Å². The molecule has 0 saturated carbocycles. The molecule has 1 aromatic rings. The van der Waals surface area contributed by atoms with Crippen LogP contribution in [0.15, 0.2) is 22.9 Å². The lowest BCUT2D eigenvalue weighted by Gasteiger charge is -2.06. The average molecular weight is 287 g/mol. The summed E-state index contributed by atoms with van der Waals surface area (Å²) in [5.74, 6) is -0.134. The first kappa shape index (κ1) is 13.1. The lowest BCUT2D eigenvalue weighted by Crippen LogP contribution is -2.25. The molecule has 4 nitrogen and oxygen atoms in total. The van der Waals surface area contributed by atoms with Crippen LogP contribution < -0.4 is 5.32 Å². The minimum atomic E-state index is -0.314. The van der Waals surface area contributed by atoms with Crippen molar-refractivity contribution in [3.63, 3.8) is 0 Å². The van der Waals surface area contributed by atoms with Crippen molar-refractivity contribution in [1.29, 1.82) is 0 Å². The molecule has 1 amide bonds. The summed E-state index contributed by atoms with van der Waals surface area (Å²) in [5, 5.41) is 11.8. The number of aromatic nitrogens is 1. The van der Waals surface area contributed by atoms with Crippen molar-refractivity contribution in [3.8, 4) is 0 Å². The predicted octanol–water partition coefficient (Wildman–Crippen LogP) is 1.73. The van der Waals surface area contributed by atoms with Crippen LogP contribution in [0.25, 0.3) is 0 Å². The molecule has 2 N–H and O–H groups in total. The number of nitrogens with one attached hydrogen (secondary N) is 1. The van der Waals surface area contributed by atoms with E-state index in [4.69, 9.17) is 5.11 Å². The highest BCUT2D eigenvalue weighted by Crippen LogP contribution is 2.06. The summed E-state index contributed by atoms with van der Waals surface area (Å²) < 4.78 is 0.707. The molecule has 1 heterocycles. The molecule has 0 saturated heterocycles. The maximum atomic E-state index is 11.6. The normalized spacial score (nSPS) is 12.2. The zero-order valence-corrected chi connectivity index (χ0v) is 10.7. The highest BCUT2D eigenvalue weighted by Gasteiger charge is 2.04. The Bertz CT molecular complexity index is 338. The zero-order chi connectivity index (χ0) is 12.0. The quantitative estimate of drug-likeness (QED) is 0.640. The zero-order valence-electron chi connectivity index (χ0n) is 9.11. The molecule has 1 rings (SSSR count). The Morgan fingerprint density at radius 3 is 2.94 bits per heavy atom. The third kappa shape index (κ3) is 4.72. The summed E-state index contributed by atoms with van der Waals surface area (Å²) in [5.41, 5.74) is 0.542. The fourth-order valence-electron chi connectivity index (χ4n) is 1.21. The van der Waals surface area contributed by atoms with Crippen LogP contribution >= 0.6 is 15.9 Å². The van der Waals surface area contributed by atoms with E-state index in [1.165, 1.54) is 6.20 Å². The van der Waals surface area contributed by atoms with E-state index in [0.717, 1.165) is 6.42 Å². The second-order valence-corrected chi connectivity index (χ2v) is 4.43. The van der Waals surface area contributed by atoms with E-state index < -0.39 is 0 Å². The number of aliphatic hydroxyl groups is 1. The van der Waals surface area contributed by atoms with Crippen molar-refractivity contribution in [2.24, 2.45) is 0 Å². The van der Waals surface area contributed by atoms with Gasteiger partial charge in [-0.3, -0.25) is 4.79 Å². The van der Waals surface area contributed by atoms with E-state index in [1.54, 1.807) is 19.1 Å². The Balaban J connectivity index is 2.32. The SMILES string of the molecule is CC(O)CCCNC(=O)c1ccc(Br)nc1. The summed E-state index contributed by atoms with van der Waals surface area (Å²) in [4.78, 5) is 15.5. The number of nitrogens with zero attached hydrogens (tertiary/aromatic N) is 1. The Hall–Kier alpha value is -0.940. The smallest absolute Gasteiger partial charge is 0.252 e. The largest absolute Gasteiger partial charge is 0.393 e. The van der Waals surface area contributed by atoms with Crippen LogP contribution in [0.2, 0.25) is 0 Å². The van der Waals surface area contributed by atoms with Gasteiger partial charge in [-0.2, -0.15) is 0 Å². The second-order valence-electron chi connectivity index (χ2n) is 3.62. The average Bonchev–Trinajstić information content (AvgIpc) is 2.25. The molecular formula is C11H15BrN2O2. The fraction of sp³-hybridized carbons (Fsp3) is 0.455. The first-order valence-electron chi connectivity index (χ1n) is 5.17. The lowest BCUT2D eigenvalue weighted by atomic mass is 10.2. The minimum absolute atomic E-state index is 0.134. The topological polar surface area (TPSA) is 62.2 Å². The van der Waals surface area contributed by atoms with Gasteiger partial charge in [-0.1, -0.05) is 0 Å². The van der Waals surface area contributed by atoms with Gasteiger partial charge in [0.05, 0.1) is 11.7 Å². The molecule has 0 aromatic carbocycles. The van der Waals surface area contributed by atoms with Crippen molar-refractivity contribution in [2.75, 3.05) is 6.54 Å². The Labute approximate surface area is 103 Å². The molecule has 1 atom stereocenters. The molecule has 5 heteroatoms. The molecule has 1 unspecified atom stereocenters. The highest BCUT2D eigenvalue weighted by atomic mass is 79.9. The summed E-state index contributed by atoms with van der Waals surface area (Å²) >= 11 is 3.20. The standard InChI is InChI=1S/C11H15BrN2O2/c1-8(15)3-2-6-13-11(16)9-4-5-10(12)14-7-9/h4-5,7-8,15H,2-3,6H2,1H3,(H,13,16). The van der Waals surface area contributed by atoms with Crippen LogP contribution in [0.3, 0.4) is 0 Å². The van der Waals surface area contributed by atoms with Crippen molar-refractivity contribution in [3.05, 3.63) is 28.5 Å². The van der Waals surface area contributed by atoms with Gasteiger partial charge in [-0.15, -0.1) is 0 Å². The first-order chi connectivity index (χ1) is 7.59. The van der Waals surface area contributed by atoms with Gasteiger partial charge in [0, 0.05) is 12.7 Å². The molecule has 0 radical (unpaired) electrons. The van der Waals surface area contributed by atoms with E-state index in [0.29, 0.717) is 23.1 Å². The van der Waals surface area contributed by atoms with Crippen molar-refractivity contribution >= 4 is 21.8 Å². The van der Waals surface area contributed by atoms with Gasteiger partial charge in [-0.25, -0.2) is 4.98 Å². The Morgan fingerprint density at radius 2 is 2.38 bits per heavy atom. The second kappa shape index (κ2) is 6.60. The van der Waals surface area contributed by atoms with Gasteiger partial charge in [0.2, 0.25) is 0 Å². The molecule has 0 aliphatic rings. The van der Waals surface area contributed by atoms with E-state index in [9.17, 15) is 4.79 Å². The van der Waals surface area contributed by atoms with Crippen LogP contribution in [0.4, 0.5) is 0 Å². The number of amides is 1. The van der Waals surface area contributed by atoms with Crippen LogP contribution in [-0.2, 0) is 0 Å². The molecule has 0 aliphatic carbocycles. The Kier molecular flexibility index (Phi) is 5.42. The number of aliphatic hydroxyl groups excluding tert-OH is 1. The summed E-state index contributed by atoms with van der Waals surface area (Å²) in [6, 6.07) is 3.44. The maximum absolute atomic E-state index is 11.6. The fourth-order valence-corrected chi connectivity index (χ4v) is 1.45. The lowest BCUT2D eigenvalue weighted by molar-refractivity contribution is 0.0949.